The number of halogens is 3. The Morgan fingerprint density at radius 2 is 1.63 bits per heavy atom. The summed E-state index contributed by atoms with van der Waals surface area (Å²) in [5.41, 5.74) is 3.93. The molecule has 1 heterocycles. The van der Waals surface area contributed by atoms with E-state index < -0.39 is 0 Å². The molecule has 0 fully saturated rings. The van der Waals surface area contributed by atoms with Crippen molar-refractivity contribution < 1.29 is 57.7 Å². The molecule has 1 aromatic heterocycles. The van der Waals surface area contributed by atoms with Gasteiger partial charge in [0.05, 0.1) is 0 Å². The molecule has 2 aromatic carbocycles. The Kier molecular flexibility index (Phi) is 6.95. The van der Waals surface area contributed by atoms with Gasteiger partial charge >= 0.3 is 106 Å². The van der Waals surface area contributed by atoms with Gasteiger partial charge in [-0.2, -0.15) is 0 Å². The smallest absolute Gasteiger partial charge is 1.00 e. The van der Waals surface area contributed by atoms with Crippen LogP contribution in [0.4, 0.5) is 0 Å². The minimum Gasteiger partial charge on any atom is -1.00 e. The Balaban J connectivity index is 0.00000108. The second-order valence-electron chi connectivity index (χ2n) is 4.27. The third kappa shape index (κ3) is 2.96. The summed E-state index contributed by atoms with van der Waals surface area (Å²) < 4.78 is 1.36. The number of H-pyrrole nitrogens is 1. The number of benzene rings is 2. The van der Waals surface area contributed by atoms with E-state index in [9.17, 15) is 0 Å². The van der Waals surface area contributed by atoms with Crippen LogP contribution in [0.2, 0.25) is 0 Å². The topological polar surface area (TPSA) is 15.8 Å². The molecule has 3 rings (SSSR count). The van der Waals surface area contributed by atoms with Gasteiger partial charge in [-0.15, -0.1) is 0 Å². The van der Waals surface area contributed by atoms with Crippen LogP contribution in [-0.4, -0.2) is 4.98 Å². The van der Waals surface area contributed by atoms with Crippen LogP contribution in [-0.2, 0) is 20.4 Å². The molecule has 0 aliphatic rings. The van der Waals surface area contributed by atoms with Gasteiger partial charge in [-0.1, -0.05) is 0 Å². The summed E-state index contributed by atoms with van der Waals surface area (Å²) in [6.45, 7) is 4.33. The monoisotopic (exact) mass is 347 g/mol. The predicted molar refractivity (Wildman–Crippen MR) is 64.9 cm³/mol. The van der Waals surface area contributed by atoms with Gasteiger partial charge in [0.15, 0.2) is 0 Å². The summed E-state index contributed by atoms with van der Waals surface area (Å²) in [5, 5.41) is 4.02. The molecule has 0 aliphatic carbocycles. The quantitative estimate of drug-likeness (QED) is 0.390. The van der Waals surface area contributed by atoms with Crippen molar-refractivity contribution in [1.29, 1.82) is 0 Å². The Labute approximate surface area is 143 Å². The van der Waals surface area contributed by atoms with Gasteiger partial charge in [-0.3, -0.25) is 0 Å². The van der Waals surface area contributed by atoms with E-state index in [4.69, 9.17) is 0 Å². The summed E-state index contributed by atoms with van der Waals surface area (Å²) >= 11 is 2.19. The van der Waals surface area contributed by atoms with Crippen molar-refractivity contribution in [2.45, 2.75) is 13.8 Å². The average molecular weight is 348 g/mol. The van der Waals surface area contributed by atoms with Crippen molar-refractivity contribution in [2.75, 3.05) is 0 Å². The molecule has 1 nitrogen and oxygen atoms in total. The van der Waals surface area contributed by atoms with Crippen LogP contribution in [0.1, 0.15) is 11.3 Å². The number of aryl methyl sites for hydroxylation is 2. The standard InChI is InChI=1S/C14H12N.3ClH.Ti/c1-9-10(2)15-14-12(9)8-7-11-5-3-4-6-13(11)14;;;;/h3-7,15H,1-2H3;3*1H;/q;;;;+3/p-3. The van der Waals surface area contributed by atoms with Crippen LogP contribution in [0.3, 0.4) is 0 Å². The Morgan fingerprint density at radius 3 is 2.32 bits per heavy atom. The third-order valence-corrected chi connectivity index (χ3v) is 3.92. The number of fused-ring (bicyclic) bond motifs is 3. The van der Waals surface area contributed by atoms with Crippen molar-refractivity contribution >= 4 is 25.5 Å². The first kappa shape index (κ1) is 18.8. The van der Waals surface area contributed by atoms with E-state index in [1.54, 1.807) is 0 Å². The molecular formula is C14H12Cl3NTi. The maximum atomic E-state index is 3.51. The summed E-state index contributed by atoms with van der Waals surface area (Å²) in [6.07, 6.45) is 0. The van der Waals surface area contributed by atoms with Gasteiger partial charge in [0, 0.05) is 0 Å². The number of hydrogen-bond acceptors (Lipinski definition) is 0. The Hall–Kier alpha value is -0.176. The van der Waals surface area contributed by atoms with E-state index in [1.807, 2.05) is 0 Å². The molecule has 0 bridgehead atoms. The van der Waals surface area contributed by atoms with Crippen molar-refractivity contribution in [1.82, 2.24) is 4.98 Å². The largest absolute Gasteiger partial charge is 1.00 e. The number of hydrogen-bond donors (Lipinski definition) is 1. The van der Waals surface area contributed by atoms with E-state index in [0.717, 1.165) is 0 Å². The summed E-state index contributed by atoms with van der Waals surface area (Å²) in [5.74, 6) is 0. The molecule has 0 saturated heterocycles. The summed E-state index contributed by atoms with van der Waals surface area (Å²) in [6, 6.07) is 10.8. The van der Waals surface area contributed by atoms with Gasteiger partial charge in [-0.05, 0) is 0 Å². The SMILES string of the molecule is Cc1[nH]c2c([c]([Ti+3])cc3ccccc32)c1C.[Cl-].[Cl-].[Cl-]. The molecule has 0 aliphatic heterocycles. The zero-order valence-electron chi connectivity index (χ0n) is 10.5. The molecule has 0 amide bonds. The van der Waals surface area contributed by atoms with E-state index in [1.165, 1.54) is 36.8 Å². The first-order valence-electron chi connectivity index (χ1n) is 5.40. The maximum Gasteiger partial charge on any atom is -1.00 e. The van der Waals surface area contributed by atoms with Crippen molar-refractivity contribution in [3.8, 4) is 0 Å². The molecule has 0 unspecified atom stereocenters. The summed E-state index contributed by atoms with van der Waals surface area (Å²) in [4.78, 5) is 3.51. The van der Waals surface area contributed by atoms with E-state index >= 15 is 0 Å². The van der Waals surface area contributed by atoms with Gasteiger partial charge in [-0.25, -0.2) is 0 Å². The maximum absolute atomic E-state index is 3.51. The fraction of sp³-hybridized carbons (Fsp3) is 0.143. The van der Waals surface area contributed by atoms with Crippen LogP contribution in [0, 0.1) is 13.8 Å². The number of aromatic amines is 1. The molecule has 19 heavy (non-hydrogen) atoms. The fourth-order valence-corrected chi connectivity index (χ4v) is 3.07. The molecule has 0 atom stereocenters. The normalized spacial score (nSPS) is 9.68. The van der Waals surface area contributed by atoms with E-state index in [-0.39, 0.29) is 37.2 Å². The van der Waals surface area contributed by atoms with Gasteiger partial charge in [0.1, 0.15) is 0 Å². The van der Waals surface area contributed by atoms with Crippen molar-refractivity contribution in [3.05, 3.63) is 41.6 Å². The Bertz CT molecular complexity index is 707. The number of rotatable bonds is 0. The van der Waals surface area contributed by atoms with Crippen LogP contribution >= 0.6 is 0 Å². The van der Waals surface area contributed by atoms with Gasteiger partial charge < -0.3 is 37.2 Å². The fourth-order valence-electron chi connectivity index (χ4n) is 2.34. The molecule has 1 N–H and O–H groups in total. The zero-order valence-corrected chi connectivity index (χ0v) is 14.3. The number of aromatic nitrogens is 1. The second kappa shape index (κ2) is 7.01. The molecule has 3 aromatic rings. The summed E-state index contributed by atoms with van der Waals surface area (Å²) in [7, 11) is 0. The molecule has 5 heteroatoms. The van der Waals surface area contributed by atoms with Crippen LogP contribution in [0.5, 0.6) is 0 Å². The first-order valence-corrected chi connectivity index (χ1v) is 6.19. The third-order valence-electron chi connectivity index (χ3n) is 3.30. The van der Waals surface area contributed by atoms with E-state index in [2.05, 4.69) is 69.6 Å². The first-order chi connectivity index (χ1) is 7.68. The van der Waals surface area contributed by atoms with Crippen LogP contribution < -0.4 is 41.1 Å². The average Bonchev–Trinajstić information content (AvgIpc) is 2.57. The number of nitrogens with one attached hydrogen (secondary N) is 1. The zero-order chi connectivity index (χ0) is 11.3. The molecular weight excluding hydrogens is 336 g/mol. The Morgan fingerprint density at radius 1 is 1.00 bits per heavy atom. The van der Waals surface area contributed by atoms with E-state index in [0.29, 0.717) is 0 Å². The van der Waals surface area contributed by atoms with Crippen LogP contribution in [0.15, 0.2) is 30.3 Å². The minimum absolute atomic E-state index is 0. The second-order valence-corrected chi connectivity index (χ2v) is 5.11. The van der Waals surface area contributed by atoms with Crippen LogP contribution in [0.25, 0.3) is 21.7 Å². The van der Waals surface area contributed by atoms with Gasteiger partial charge in [0.2, 0.25) is 0 Å². The van der Waals surface area contributed by atoms with Crippen molar-refractivity contribution in [3.63, 3.8) is 0 Å². The molecule has 0 saturated carbocycles. The van der Waals surface area contributed by atoms with Crippen molar-refractivity contribution in [2.24, 2.45) is 0 Å². The molecule has 0 radical (unpaired) electrons. The molecule has 98 valence electrons. The predicted octanol–water partition coefficient (Wildman–Crippen LogP) is -5.88. The minimum atomic E-state index is 0. The van der Waals surface area contributed by atoms with Gasteiger partial charge in [0.25, 0.3) is 0 Å². The molecule has 0 spiro atoms.